The van der Waals surface area contributed by atoms with Gasteiger partial charge in [-0.1, -0.05) is 26.0 Å². The first-order valence-corrected chi connectivity index (χ1v) is 8.10. The summed E-state index contributed by atoms with van der Waals surface area (Å²) in [6.45, 7) is 4.22. The van der Waals surface area contributed by atoms with Gasteiger partial charge in [0.25, 0.3) is 0 Å². The summed E-state index contributed by atoms with van der Waals surface area (Å²) in [6.07, 6.45) is 0. The van der Waals surface area contributed by atoms with E-state index in [1.807, 2.05) is 24.3 Å². The van der Waals surface area contributed by atoms with Gasteiger partial charge in [0.1, 0.15) is 0 Å². The van der Waals surface area contributed by atoms with Gasteiger partial charge in [-0.25, -0.2) is 13.6 Å². The Kier molecular flexibility index (Phi) is 4.20. The summed E-state index contributed by atoms with van der Waals surface area (Å²) in [5.74, 6) is 0.410. The lowest BCUT2D eigenvalue weighted by molar-refractivity contribution is 0.598. The highest BCUT2D eigenvalue weighted by Crippen LogP contribution is 2.25. The van der Waals surface area contributed by atoms with Gasteiger partial charge in [-0.05, 0) is 41.8 Å². The fourth-order valence-electron chi connectivity index (χ4n) is 2.00. The van der Waals surface area contributed by atoms with Crippen LogP contribution in [0.4, 0.5) is 17.1 Å². The number of primary sulfonamides is 1. The highest BCUT2D eigenvalue weighted by molar-refractivity contribution is 7.89. The number of hydrogen-bond acceptors (Lipinski definition) is 4. The number of rotatable bonds is 4. The van der Waals surface area contributed by atoms with Crippen LogP contribution in [0.5, 0.6) is 0 Å². The molecule has 0 unspecified atom stereocenters. The standard InChI is InChI=1S/C15H19N3O2S/c1-10(2)11-4-3-5-13(6-11)18-14-7-12(16)8-15(9-14)21(17,19)20/h3-10,18H,16H2,1-2H3,(H2,17,19,20). The molecule has 21 heavy (non-hydrogen) atoms. The Morgan fingerprint density at radius 2 is 1.76 bits per heavy atom. The quantitative estimate of drug-likeness (QED) is 0.756. The smallest absolute Gasteiger partial charge is 0.238 e. The van der Waals surface area contributed by atoms with Crippen LogP contribution in [0.25, 0.3) is 0 Å². The Balaban J connectivity index is 2.36. The molecule has 6 heteroatoms. The van der Waals surface area contributed by atoms with E-state index in [2.05, 4.69) is 19.2 Å². The van der Waals surface area contributed by atoms with Crippen LogP contribution in [0.15, 0.2) is 47.4 Å². The Bertz CT molecular complexity index is 755. The Labute approximate surface area is 125 Å². The number of sulfonamides is 1. The Morgan fingerprint density at radius 1 is 1.05 bits per heavy atom. The van der Waals surface area contributed by atoms with Gasteiger partial charge in [-0.15, -0.1) is 0 Å². The summed E-state index contributed by atoms with van der Waals surface area (Å²) < 4.78 is 22.9. The first-order chi connectivity index (χ1) is 9.75. The van der Waals surface area contributed by atoms with E-state index in [0.29, 0.717) is 17.3 Å². The molecule has 0 aliphatic heterocycles. The first kappa shape index (κ1) is 15.3. The molecular formula is C15H19N3O2S. The average molecular weight is 305 g/mol. The maximum Gasteiger partial charge on any atom is 0.238 e. The molecule has 0 bridgehead atoms. The first-order valence-electron chi connectivity index (χ1n) is 6.56. The topological polar surface area (TPSA) is 98.2 Å². The molecule has 2 rings (SSSR count). The van der Waals surface area contributed by atoms with Crippen molar-refractivity contribution >= 4 is 27.1 Å². The van der Waals surface area contributed by atoms with Crippen molar-refractivity contribution in [2.75, 3.05) is 11.1 Å². The monoisotopic (exact) mass is 305 g/mol. The molecule has 0 aliphatic rings. The van der Waals surface area contributed by atoms with E-state index in [4.69, 9.17) is 10.9 Å². The largest absolute Gasteiger partial charge is 0.399 e. The van der Waals surface area contributed by atoms with Crippen LogP contribution in [0.2, 0.25) is 0 Å². The van der Waals surface area contributed by atoms with Crippen LogP contribution >= 0.6 is 0 Å². The lowest BCUT2D eigenvalue weighted by Crippen LogP contribution is -2.12. The van der Waals surface area contributed by atoms with Crippen LogP contribution in [0.1, 0.15) is 25.3 Å². The van der Waals surface area contributed by atoms with Crippen molar-refractivity contribution in [2.24, 2.45) is 5.14 Å². The fraction of sp³-hybridized carbons (Fsp3) is 0.200. The van der Waals surface area contributed by atoms with E-state index in [0.717, 1.165) is 5.69 Å². The molecule has 5 nitrogen and oxygen atoms in total. The summed E-state index contributed by atoms with van der Waals surface area (Å²) >= 11 is 0. The zero-order chi connectivity index (χ0) is 15.6. The maximum absolute atomic E-state index is 11.4. The fourth-order valence-corrected chi connectivity index (χ4v) is 2.59. The molecule has 0 radical (unpaired) electrons. The lowest BCUT2D eigenvalue weighted by Gasteiger charge is -2.12. The summed E-state index contributed by atoms with van der Waals surface area (Å²) in [4.78, 5) is -0.00925. The highest BCUT2D eigenvalue weighted by atomic mass is 32.2. The van der Waals surface area contributed by atoms with Gasteiger partial charge in [0.05, 0.1) is 4.90 Å². The maximum atomic E-state index is 11.4. The summed E-state index contributed by atoms with van der Waals surface area (Å²) in [6, 6.07) is 12.4. The van der Waals surface area contributed by atoms with Crippen LogP contribution < -0.4 is 16.2 Å². The Hall–Kier alpha value is -2.05. The SMILES string of the molecule is CC(C)c1cccc(Nc2cc(N)cc(S(N)(=O)=O)c2)c1. The zero-order valence-corrected chi connectivity index (χ0v) is 12.8. The molecule has 2 aromatic carbocycles. The summed E-state index contributed by atoms with van der Waals surface area (Å²) in [7, 11) is -3.78. The van der Waals surface area contributed by atoms with Gasteiger partial charge in [-0.3, -0.25) is 0 Å². The number of anilines is 3. The number of nitrogens with one attached hydrogen (secondary N) is 1. The molecule has 0 heterocycles. The second-order valence-corrected chi connectivity index (χ2v) is 6.80. The van der Waals surface area contributed by atoms with Crippen molar-refractivity contribution < 1.29 is 8.42 Å². The average Bonchev–Trinajstić information content (AvgIpc) is 2.37. The van der Waals surface area contributed by atoms with E-state index in [1.54, 1.807) is 6.07 Å². The third-order valence-corrected chi connectivity index (χ3v) is 3.99. The minimum atomic E-state index is -3.78. The van der Waals surface area contributed by atoms with Gasteiger partial charge in [-0.2, -0.15) is 0 Å². The third kappa shape index (κ3) is 3.96. The lowest BCUT2D eigenvalue weighted by atomic mass is 10.0. The number of nitrogens with two attached hydrogens (primary N) is 2. The minimum Gasteiger partial charge on any atom is -0.399 e. The van der Waals surface area contributed by atoms with Crippen molar-refractivity contribution in [1.29, 1.82) is 0 Å². The van der Waals surface area contributed by atoms with Crippen molar-refractivity contribution in [2.45, 2.75) is 24.7 Å². The van der Waals surface area contributed by atoms with E-state index in [-0.39, 0.29) is 4.90 Å². The van der Waals surface area contributed by atoms with Gasteiger partial charge >= 0.3 is 0 Å². The highest BCUT2D eigenvalue weighted by Gasteiger charge is 2.10. The van der Waals surface area contributed by atoms with Gasteiger partial charge in [0.2, 0.25) is 10.0 Å². The predicted octanol–water partition coefficient (Wildman–Crippen LogP) is 2.78. The molecule has 0 aromatic heterocycles. The minimum absolute atomic E-state index is 0.00925. The van der Waals surface area contributed by atoms with Gasteiger partial charge in [0.15, 0.2) is 0 Å². The van der Waals surface area contributed by atoms with E-state index >= 15 is 0 Å². The second kappa shape index (κ2) is 5.75. The molecule has 0 spiro atoms. The Morgan fingerprint density at radius 3 is 2.38 bits per heavy atom. The van der Waals surface area contributed by atoms with Crippen LogP contribution in [0.3, 0.4) is 0 Å². The second-order valence-electron chi connectivity index (χ2n) is 5.24. The number of nitrogen functional groups attached to an aromatic ring is 1. The van der Waals surface area contributed by atoms with Crippen molar-refractivity contribution in [1.82, 2.24) is 0 Å². The molecule has 2 aromatic rings. The molecule has 5 N–H and O–H groups in total. The molecule has 0 amide bonds. The van der Waals surface area contributed by atoms with Crippen molar-refractivity contribution in [3.63, 3.8) is 0 Å². The van der Waals surface area contributed by atoms with E-state index in [9.17, 15) is 8.42 Å². The van der Waals surface area contributed by atoms with Gasteiger partial charge in [0, 0.05) is 17.1 Å². The van der Waals surface area contributed by atoms with E-state index < -0.39 is 10.0 Å². The normalized spacial score (nSPS) is 11.6. The molecule has 0 aliphatic carbocycles. The molecular weight excluding hydrogens is 286 g/mol. The summed E-state index contributed by atoms with van der Waals surface area (Å²) in [5, 5.41) is 8.29. The number of hydrogen-bond donors (Lipinski definition) is 3. The molecule has 0 atom stereocenters. The predicted molar refractivity (Wildman–Crippen MR) is 86.0 cm³/mol. The molecule has 0 saturated heterocycles. The van der Waals surface area contributed by atoms with Crippen molar-refractivity contribution in [3.05, 3.63) is 48.0 Å². The van der Waals surface area contributed by atoms with Crippen LogP contribution in [0, 0.1) is 0 Å². The van der Waals surface area contributed by atoms with E-state index in [1.165, 1.54) is 17.7 Å². The zero-order valence-electron chi connectivity index (χ0n) is 12.0. The third-order valence-electron chi connectivity index (χ3n) is 3.10. The molecule has 0 fully saturated rings. The molecule has 0 saturated carbocycles. The van der Waals surface area contributed by atoms with Crippen molar-refractivity contribution in [3.8, 4) is 0 Å². The van der Waals surface area contributed by atoms with Crippen LogP contribution in [-0.4, -0.2) is 8.42 Å². The summed E-state index contributed by atoms with van der Waals surface area (Å²) in [5.41, 5.74) is 8.71. The van der Waals surface area contributed by atoms with Crippen LogP contribution in [-0.2, 0) is 10.0 Å². The van der Waals surface area contributed by atoms with Gasteiger partial charge < -0.3 is 11.1 Å². The number of benzene rings is 2. The molecule has 112 valence electrons.